The van der Waals surface area contributed by atoms with Gasteiger partial charge in [-0.25, -0.2) is 0 Å². The summed E-state index contributed by atoms with van der Waals surface area (Å²) in [5, 5.41) is 17.2. The third-order valence-electron chi connectivity index (χ3n) is 2.29. The zero-order valence-electron chi connectivity index (χ0n) is 6.90. The van der Waals surface area contributed by atoms with E-state index in [-0.39, 0.29) is 12.2 Å². The predicted octanol–water partition coefficient (Wildman–Crippen LogP) is 0.141. The van der Waals surface area contributed by atoms with E-state index in [1.165, 1.54) is 0 Å². The van der Waals surface area contributed by atoms with Gasteiger partial charge in [0.15, 0.2) is 5.92 Å². The average molecular weight is 186 g/mol. The number of hydrogen-bond donors (Lipinski definition) is 2. The molecule has 0 heterocycles. The molecule has 0 radical (unpaired) electrons. The van der Waals surface area contributed by atoms with Crippen LogP contribution in [0.25, 0.3) is 0 Å². The van der Waals surface area contributed by atoms with Crippen molar-refractivity contribution in [2.24, 2.45) is 11.8 Å². The molecule has 0 aliphatic heterocycles. The lowest BCUT2D eigenvalue weighted by molar-refractivity contribution is -0.157. The van der Waals surface area contributed by atoms with E-state index in [2.05, 4.69) is 0 Å². The van der Waals surface area contributed by atoms with Gasteiger partial charge >= 0.3 is 11.9 Å². The van der Waals surface area contributed by atoms with Crippen molar-refractivity contribution in [3.05, 3.63) is 0 Å². The number of ketones is 1. The highest BCUT2D eigenvalue weighted by atomic mass is 16.4. The normalized spacial score (nSPS) is 22.2. The Morgan fingerprint density at radius 1 is 1.31 bits per heavy atom. The second-order valence-electron chi connectivity index (χ2n) is 3.20. The number of carboxylic acids is 2. The minimum atomic E-state index is -1.42. The number of aliphatic carboxylic acids is 2. The minimum Gasteiger partial charge on any atom is -0.481 e. The maximum absolute atomic E-state index is 10.8. The predicted molar refractivity (Wildman–Crippen MR) is 41.1 cm³/mol. The SMILES string of the molecule is O=C1CCC(C(C(=O)O)C(=O)O)C1. The van der Waals surface area contributed by atoms with Crippen molar-refractivity contribution >= 4 is 17.7 Å². The molecular formula is C8H10O5. The van der Waals surface area contributed by atoms with Gasteiger partial charge in [-0.3, -0.25) is 14.4 Å². The number of hydrogen-bond acceptors (Lipinski definition) is 3. The largest absolute Gasteiger partial charge is 0.481 e. The molecule has 0 aromatic heterocycles. The first-order chi connectivity index (χ1) is 6.02. The van der Waals surface area contributed by atoms with Gasteiger partial charge in [0.25, 0.3) is 0 Å². The molecule has 1 fully saturated rings. The van der Waals surface area contributed by atoms with Gasteiger partial charge in [-0.2, -0.15) is 0 Å². The minimum absolute atomic E-state index is 0.0440. The highest BCUT2D eigenvalue weighted by Gasteiger charge is 2.38. The van der Waals surface area contributed by atoms with Gasteiger partial charge in [0, 0.05) is 12.8 Å². The Kier molecular flexibility index (Phi) is 2.65. The summed E-state index contributed by atoms with van der Waals surface area (Å²) in [5.41, 5.74) is 0. The first-order valence-corrected chi connectivity index (χ1v) is 3.99. The number of carbonyl (C=O) groups is 3. The third-order valence-corrected chi connectivity index (χ3v) is 2.29. The summed E-state index contributed by atoms with van der Waals surface area (Å²) >= 11 is 0. The van der Waals surface area contributed by atoms with Crippen molar-refractivity contribution in [2.75, 3.05) is 0 Å². The topological polar surface area (TPSA) is 91.7 Å². The van der Waals surface area contributed by atoms with Crippen LogP contribution in [0.15, 0.2) is 0 Å². The van der Waals surface area contributed by atoms with E-state index in [9.17, 15) is 14.4 Å². The van der Waals surface area contributed by atoms with Crippen LogP contribution in [0.4, 0.5) is 0 Å². The van der Waals surface area contributed by atoms with Gasteiger partial charge in [-0.15, -0.1) is 0 Å². The first kappa shape index (κ1) is 9.70. The summed E-state index contributed by atoms with van der Waals surface area (Å²) in [5.74, 6) is -4.70. The van der Waals surface area contributed by atoms with E-state index < -0.39 is 23.8 Å². The van der Waals surface area contributed by atoms with Crippen LogP contribution in [0.2, 0.25) is 0 Å². The highest BCUT2D eigenvalue weighted by Crippen LogP contribution is 2.29. The molecule has 1 aliphatic carbocycles. The molecular weight excluding hydrogens is 176 g/mol. The molecule has 5 heteroatoms. The summed E-state index contributed by atoms with van der Waals surface area (Å²) in [7, 11) is 0. The quantitative estimate of drug-likeness (QED) is 0.611. The van der Waals surface area contributed by atoms with Gasteiger partial charge in [0.1, 0.15) is 5.78 Å². The lowest BCUT2D eigenvalue weighted by atomic mass is 9.91. The van der Waals surface area contributed by atoms with E-state index in [4.69, 9.17) is 10.2 Å². The average Bonchev–Trinajstić information content (AvgIpc) is 2.34. The molecule has 0 aromatic carbocycles. The standard InChI is InChI=1S/C8H10O5/c9-5-2-1-4(3-5)6(7(10)11)8(12)13/h4,6H,1-3H2,(H,10,11)(H,12,13). The van der Waals surface area contributed by atoms with Gasteiger partial charge in [0.05, 0.1) is 0 Å². The van der Waals surface area contributed by atoms with Gasteiger partial charge < -0.3 is 10.2 Å². The zero-order chi connectivity index (χ0) is 10.0. The van der Waals surface area contributed by atoms with Crippen LogP contribution in [0.5, 0.6) is 0 Å². The van der Waals surface area contributed by atoms with Crippen molar-refractivity contribution < 1.29 is 24.6 Å². The third kappa shape index (κ3) is 2.05. The molecule has 1 unspecified atom stereocenters. The smallest absolute Gasteiger partial charge is 0.318 e. The van der Waals surface area contributed by atoms with Crippen LogP contribution in [0, 0.1) is 11.8 Å². The number of carbonyl (C=O) groups excluding carboxylic acids is 1. The molecule has 1 aliphatic rings. The first-order valence-electron chi connectivity index (χ1n) is 3.99. The molecule has 1 rings (SSSR count). The molecule has 2 N–H and O–H groups in total. The van der Waals surface area contributed by atoms with Crippen LogP contribution in [-0.4, -0.2) is 27.9 Å². The van der Waals surface area contributed by atoms with Crippen molar-refractivity contribution in [1.29, 1.82) is 0 Å². The molecule has 1 saturated carbocycles. The fourth-order valence-corrected chi connectivity index (χ4v) is 1.64. The molecule has 0 bridgehead atoms. The van der Waals surface area contributed by atoms with Crippen molar-refractivity contribution in [2.45, 2.75) is 19.3 Å². The van der Waals surface area contributed by atoms with Crippen LogP contribution in [0.1, 0.15) is 19.3 Å². The second kappa shape index (κ2) is 3.55. The maximum atomic E-state index is 10.8. The number of Topliss-reactive ketones (excluding diaryl/α,β-unsaturated/α-hetero) is 1. The molecule has 0 amide bonds. The lowest BCUT2D eigenvalue weighted by Crippen LogP contribution is -2.30. The Bertz CT molecular complexity index is 243. The Morgan fingerprint density at radius 3 is 2.15 bits per heavy atom. The van der Waals surface area contributed by atoms with Crippen molar-refractivity contribution in [1.82, 2.24) is 0 Å². The van der Waals surface area contributed by atoms with Gasteiger partial charge in [-0.1, -0.05) is 0 Å². The number of carboxylic acid groups (broad SMARTS) is 2. The second-order valence-corrected chi connectivity index (χ2v) is 3.20. The molecule has 5 nitrogen and oxygen atoms in total. The molecule has 0 saturated heterocycles. The monoisotopic (exact) mass is 186 g/mol. The molecule has 0 aromatic rings. The van der Waals surface area contributed by atoms with Crippen LogP contribution >= 0.6 is 0 Å². The molecule has 13 heavy (non-hydrogen) atoms. The van der Waals surface area contributed by atoms with E-state index in [0.717, 1.165) is 0 Å². The van der Waals surface area contributed by atoms with E-state index in [1.807, 2.05) is 0 Å². The van der Waals surface area contributed by atoms with Crippen LogP contribution < -0.4 is 0 Å². The van der Waals surface area contributed by atoms with Crippen LogP contribution in [0.3, 0.4) is 0 Å². The lowest BCUT2D eigenvalue weighted by Gasteiger charge is -2.12. The summed E-state index contributed by atoms with van der Waals surface area (Å²) in [6, 6.07) is 0. The zero-order valence-corrected chi connectivity index (χ0v) is 6.90. The summed E-state index contributed by atoms with van der Waals surface area (Å²) in [6.07, 6.45) is 0.771. The molecule has 72 valence electrons. The van der Waals surface area contributed by atoms with E-state index in [0.29, 0.717) is 12.8 Å². The van der Waals surface area contributed by atoms with Crippen LogP contribution in [-0.2, 0) is 14.4 Å². The fourth-order valence-electron chi connectivity index (χ4n) is 1.64. The summed E-state index contributed by atoms with van der Waals surface area (Å²) in [6.45, 7) is 0. The molecule has 1 atom stereocenters. The summed E-state index contributed by atoms with van der Waals surface area (Å²) < 4.78 is 0. The Hall–Kier alpha value is -1.39. The highest BCUT2D eigenvalue weighted by molar-refractivity contribution is 5.94. The van der Waals surface area contributed by atoms with Crippen molar-refractivity contribution in [3.8, 4) is 0 Å². The Morgan fingerprint density at radius 2 is 1.85 bits per heavy atom. The van der Waals surface area contributed by atoms with E-state index >= 15 is 0 Å². The van der Waals surface area contributed by atoms with Crippen molar-refractivity contribution in [3.63, 3.8) is 0 Å². The van der Waals surface area contributed by atoms with Gasteiger partial charge in [0.2, 0.25) is 0 Å². The number of rotatable bonds is 3. The molecule has 0 spiro atoms. The summed E-state index contributed by atoms with van der Waals surface area (Å²) in [4.78, 5) is 31.9. The van der Waals surface area contributed by atoms with E-state index in [1.54, 1.807) is 0 Å². The Labute approximate surface area is 74.4 Å². The van der Waals surface area contributed by atoms with Gasteiger partial charge in [-0.05, 0) is 12.3 Å². The Balaban J connectivity index is 2.71. The maximum Gasteiger partial charge on any atom is 0.318 e. The fraction of sp³-hybridized carbons (Fsp3) is 0.625.